The largest absolute Gasteiger partial charge is 0.352 e. The van der Waals surface area contributed by atoms with E-state index in [1.54, 1.807) is 18.3 Å². The first kappa shape index (κ1) is 21.2. The summed E-state index contributed by atoms with van der Waals surface area (Å²) in [6, 6.07) is 3.29. The smallest absolute Gasteiger partial charge is 0.244 e. The maximum Gasteiger partial charge on any atom is 0.244 e. The summed E-state index contributed by atoms with van der Waals surface area (Å²) in [6.45, 7) is 8.16. The van der Waals surface area contributed by atoms with E-state index in [9.17, 15) is 13.2 Å². The van der Waals surface area contributed by atoms with E-state index in [1.165, 1.54) is 23.3 Å². The van der Waals surface area contributed by atoms with Gasteiger partial charge < -0.3 is 10.2 Å². The number of rotatable bonds is 6. The molecule has 1 aromatic rings. The Morgan fingerprint density at radius 2 is 2.04 bits per heavy atom. The van der Waals surface area contributed by atoms with Crippen LogP contribution in [-0.2, 0) is 14.8 Å². The van der Waals surface area contributed by atoms with Crippen molar-refractivity contribution < 1.29 is 13.2 Å². The first-order valence-electron chi connectivity index (χ1n) is 10.3. The number of carbonyl (C=O) groups is 1. The first-order valence-corrected chi connectivity index (χ1v) is 11.7. The van der Waals surface area contributed by atoms with Gasteiger partial charge in [-0.2, -0.15) is 4.31 Å². The molecule has 1 aromatic heterocycles. The summed E-state index contributed by atoms with van der Waals surface area (Å²) in [6.07, 6.45) is 6.56. The van der Waals surface area contributed by atoms with Crippen molar-refractivity contribution >= 4 is 15.9 Å². The van der Waals surface area contributed by atoms with Gasteiger partial charge in [-0.25, -0.2) is 8.42 Å². The molecule has 0 bridgehead atoms. The van der Waals surface area contributed by atoms with Gasteiger partial charge in [-0.15, -0.1) is 0 Å². The molecule has 0 spiro atoms. The number of amides is 1. The standard InChI is InChI=1S/C20H32N4O3S/c1-16-5-4-10-23(14-16)15-17(2)22-20(25)18-7-11-24(12-8-18)28(26,27)19-6-3-9-21-13-19/h3,6,9,13,16-18H,4-5,7-8,10-12,14-15H2,1-2H3,(H,22,25)/t16-,17+/m0/s1. The zero-order chi connectivity index (χ0) is 20.1. The summed E-state index contributed by atoms with van der Waals surface area (Å²) in [5, 5.41) is 3.14. The SMILES string of the molecule is C[C@H]1CCCN(C[C@@H](C)NC(=O)C2CCN(S(=O)(=O)c3cccnc3)CC2)C1. The van der Waals surface area contributed by atoms with Crippen molar-refractivity contribution in [3.05, 3.63) is 24.5 Å². The lowest BCUT2D eigenvalue weighted by Crippen LogP contribution is -2.48. The number of hydrogen-bond donors (Lipinski definition) is 1. The number of piperidine rings is 2. The molecule has 1 N–H and O–H groups in total. The number of nitrogens with zero attached hydrogens (tertiary/aromatic N) is 3. The third-order valence-corrected chi connectivity index (χ3v) is 7.64. The summed E-state index contributed by atoms with van der Waals surface area (Å²) < 4.78 is 26.8. The lowest BCUT2D eigenvalue weighted by molar-refractivity contribution is -0.126. The van der Waals surface area contributed by atoms with Gasteiger partial charge in [-0.1, -0.05) is 6.92 Å². The highest BCUT2D eigenvalue weighted by atomic mass is 32.2. The summed E-state index contributed by atoms with van der Waals surface area (Å²) in [5.74, 6) is 0.654. The average molecular weight is 409 g/mol. The molecule has 2 saturated heterocycles. The van der Waals surface area contributed by atoms with Crippen molar-refractivity contribution in [1.29, 1.82) is 0 Å². The van der Waals surface area contributed by atoms with E-state index in [2.05, 4.69) is 29.0 Å². The highest BCUT2D eigenvalue weighted by molar-refractivity contribution is 7.89. The van der Waals surface area contributed by atoms with E-state index in [0.29, 0.717) is 25.9 Å². The molecule has 2 aliphatic heterocycles. The number of carbonyl (C=O) groups excluding carboxylic acids is 1. The zero-order valence-corrected chi connectivity index (χ0v) is 17.7. The molecule has 0 unspecified atom stereocenters. The Morgan fingerprint density at radius 1 is 1.29 bits per heavy atom. The number of likely N-dealkylation sites (tertiary alicyclic amines) is 1. The molecule has 1 amide bonds. The van der Waals surface area contributed by atoms with E-state index in [1.807, 2.05) is 0 Å². The van der Waals surface area contributed by atoms with Crippen molar-refractivity contribution in [3.63, 3.8) is 0 Å². The molecule has 0 aliphatic carbocycles. The second kappa shape index (κ2) is 9.33. The molecule has 7 nitrogen and oxygen atoms in total. The van der Waals surface area contributed by atoms with Crippen LogP contribution in [-0.4, -0.2) is 67.3 Å². The quantitative estimate of drug-likeness (QED) is 0.775. The normalized spacial score (nSPS) is 24.0. The lowest BCUT2D eigenvalue weighted by Gasteiger charge is -2.34. The Labute approximate surface area is 168 Å². The number of aromatic nitrogens is 1. The predicted molar refractivity (Wildman–Crippen MR) is 108 cm³/mol. The fourth-order valence-corrected chi connectivity index (χ4v) is 5.69. The molecule has 0 saturated carbocycles. The third-order valence-electron chi connectivity index (χ3n) is 5.76. The molecule has 0 aromatic carbocycles. The van der Waals surface area contributed by atoms with Crippen molar-refractivity contribution in [3.8, 4) is 0 Å². The number of pyridine rings is 1. The van der Waals surface area contributed by atoms with E-state index >= 15 is 0 Å². The maximum absolute atomic E-state index is 12.7. The Morgan fingerprint density at radius 3 is 2.68 bits per heavy atom. The number of nitrogens with one attached hydrogen (secondary N) is 1. The fourth-order valence-electron chi connectivity index (χ4n) is 4.25. The van der Waals surface area contributed by atoms with Gasteiger partial charge in [0.15, 0.2) is 0 Å². The first-order chi connectivity index (χ1) is 13.4. The van der Waals surface area contributed by atoms with Crippen LogP contribution < -0.4 is 5.32 Å². The summed E-state index contributed by atoms with van der Waals surface area (Å²) >= 11 is 0. The van der Waals surface area contributed by atoms with Crippen molar-refractivity contribution in [2.24, 2.45) is 11.8 Å². The Hall–Kier alpha value is -1.51. The second-order valence-corrected chi connectivity index (χ2v) is 10.2. The molecular weight excluding hydrogens is 376 g/mol. The van der Waals surface area contributed by atoms with Gasteiger partial charge in [0.2, 0.25) is 15.9 Å². The Kier molecular flexibility index (Phi) is 7.06. The highest BCUT2D eigenvalue weighted by Crippen LogP contribution is 2.23. The molecule has 2 atom stereocenters. The summed E-state index contributed by atoms with van der Waals surface area (Å²) in [4.78, 5) is 19.2. The summed E-state index contributed by atoms with van der Waals surface area (Å²) in [5.41, 5.74) is 0. The van der Waals surface area contributed by atoms with Crippen LogP contribution in [0.4, 0.5) is 0 Å². The molecule has 2 fully saturated rings. The lowest BCUT2D eigenvalue weighted by atomic mass is 9.96. The van der Waals surface area contributed by atoms with Crippen LogP contribution in [0.1, 0.15) is 39.5 Å². The van der Waals surface area contributed by atoms with Gasteiger partial charge in [0.25, 0.3) is 0 Å². The molecule has 2 aliphatic rings. The van der Waals surface area contributed by atoms with Gasteiger partial charge in [0.1, 0.15) is 4.90 Å². The Bertz CT molecular complexity index is 748. The van der Waals surface area contributed by atoms with Crippen molar-refractivity contribution in [1.82, 2.24) is 19.5 Å². The second-order valence-electron chi connectivity index (χ2n) is 8.28. The minimum absolute atomic E-state index is 0.0518. The predicted octanol–water partition coefficient (Wildman–Crippen LogP) is 1.72. The van der Waals surface area contributed by atoms with Gasteiger partial charge in [-0.3, -0.25) is 9.78 Å². The number of sulfonamides is 1. The minimum Gasteiger partial charge on any atom is -0.352 e. The average Bonchev–Trinajstić information content (AvgIpc) is 2.68. The van der Waals surface area contributed by atoms with E-state index in [4.69, 9.17) is 0 Å². The van der Waals surface area contributed by atoms with Crippen LogP contribution in [0.3, 0.4) is 0 Å². The van der Waals surface area contributed by atoms with Crippen LogP contribution in [0.5, 0.6) is 0 Å². The van der Waals surface area contributed by atoms with Crippen LogP contribution in [0.15, 0.2) is 29.4 Å². The number of hydrogen-bond acceptors (Lipinski definition) is 5. The van der Waals surface area contributed by atoms with Gasteiger partial charge in [0.05, 0.1) is 0 Å². The molecular formula is C20H32N4O3S. The Balaban J connectivity index is 1.47. The fraction of sp³-hybridized carbons (Fsp3) is 0.700. The van der Waals surface area contributed by atoms with Crippen LogP contribution in [0.25, 0.3) is 0 Å². The van der Waals surface area contributed by atoms with E-state index in [0.717, 1.165) is 25.6 Å². The molecule has 0 radical (unpaired) electrons. The molecule has 28 heavy (non-hydrogen) atoms. The van der Waals surface area contributed by atoms with Gasteiger partial charge in [0, 0.05) is 50.5 Å². The topological polar surface area (TPSA) is 82.6 Å². The summed E-state index contributed by atoms with van der Waals surface area (Å²) in [7, 11) is -3.53. The van der Waals surface area contributed by atoms with Crippen LogP contribution >= 0.6 is 0 Å². The van der Waals surface area contributed by atoms with Crippen molar-refractivity contribution in [2.45, 2.75) is 50.5 Å². The van der Waals surface area contributed by atoms with Gasteiger partial charge in [-0.05, 0) is 57.2 Å². The molecule has 156 valence electrons. The van der Waals surface area contributed by atoms with Crippen molar-refractivity contribution in [2.75, 3.05) is 32.7 Å². The van der Waals surface area contributed by atoms with Crippen LogP contribution in [0.2, 0.25) is 0 Å². The van der Waals surface area contributed by atoms with Gasteiger partial charge >= 0.3 is 0 Å². The highest BCUT2D eigenvalue weighted by Gasteiger charge is 2.32. The zero-order valence-electron chi connectivity index (χ0n) is 16.9. The molecule has 8 heteroatoms. The van der Waals surface area contributed by atoms with Crippen LogP contribution in [0, 0.1) is 11.8 Å². The van der Waals surface area contributed by atoms with E-state index in [-0.39, 0.29) is 22.8 Å². The van der Waals surface area contributed by atoms with E-state index < -0.39 is 10.0 Å². The third kappa shape index (κ3) is 5.30. The monoisotopic (exact) mass is 408 g/mol. The minimum atomic E-state index is -3.53. The maximum atomic E-state index is 12.7. The molecule has 3 rings (SSSR count). The molecule has 3 heterocycles.